The molecule has 1 N–H and O–H groups in total. The summed E-state index contributed by atoms with van der Waals surface area (Å²) in [6.45, 7) is 4.21. The van der Waals surface area contributed by atoms with Crippen LogP contribution in [0.25, 0.3) is 4.96 Å². The van der Waals surface area contributed by atoms with Gasteiger partial charge in [0.1, 0.15) is 0 Å². The van der Waals surface area contributed by atoms with Crippen molar-refractivity contribution in [2.45, 2.75) is 37.7 Å². The topological polar surface area (TPSA) is 89.8 Å². The summed E-state index contributed by atoms with van der Waals surface area (Å²) in [5.74, 6) is 0. The second-order valence-electron chi connectivity index (χ2n) is 5.31. The SMILES string of the molecule is Cc1cn2c(=O)c(S(=O)(=O)NCC3CCCO3)c(C)nc2s1. The zero-order valence-electron chi connectivity index (χ0n) is 12.3. The average molecular weight is 343 g/mol. The Morgan fingerprint density at radius 3 is 2.95 bits per heavy atom. The van der Waals surface area contributed by atoms with Gasteiger partial charge in [-0.25, -0.2) is 18.1 Å². The number of sulfonamides is 1. The maximum atomic E-state index is 12.5. The van der Waals surface area contributed by atoms with Crippen molar-refractivity contribution in [1.82, 2.24) is 14.1 Å². The molecule has 3 rings (SSSR count). The molecule has 0 amide bonds. The van der Waals surface area contributed by atoms with Crippen molar-refractivity contribution < 1.29 is 13.2 Å². The minimum absolute atomic E-state index is 0.127. The lowest BCUT2D eigenvalue weighted by molar-refractivity contribution is 0.114. The van der Waals surface area contributed by atoms with Gasteiger partial charge in [-0.2, -0.15) is 0 Å². The van der Waals surface area contributed by atoms with Crippen LogP contribution in [0.15, 0.2) is 15.9 Å². The van der Waals surface area contributed by atoms with Crippen LogP contribution in [0.1, 0.15) is 23.4 Å². The molecule has 0 saturated carbocycles. The van der Waals surface area contributed by atoms with Crippen LogP contribution >= 0.6 is 11.3 Å². The number of hydrogen-bond donors (Lipinski definition) is 1. The Morgan fingerprint density at radius 1 is 1.50 bits per heavy atom. The number of ether oxygens (including phenoxy) is 1. The van der Waals surface area contributed by atoms with Crippen LogP contribution < -0.4 is 10.3 Å². The largest absolute Gasteiger partial charge is 0.377 e. The Kier molecular flexibility index (Phi) is 4.06. The van der Waals surface area contributed by atoms with Gasteiger partial charge < -0.3 is 4.74 Å². The number of hydrogen-bond acceptors (Lipinski definition) is 6. The summed E-state index contributed by atoms with van der Waals surface area (Å²) in [4.78, 5) is 17.8. The molecular formula is C13H17N3O4S2. The fourth-order valence-corrected chi connectivity index (χ4v) is 4.70. The first kappa shape index (κ1) is 15.6. The molecule has 2 aromatic heterocycles. The highest BCUT2D eigenvalue weighted by Gasteiger charge is 2.26. The predicted octanol–water partition coefficient (Wildman–Crippen LogP) is 0.830. The van der Waals surface area contributed by atoms with Gasteiger partial charge in [-0.3, -0.25) is 9.20 Å². The first-order valence-electron chi connectivity index (χ1n) is 6.99. The van der Waals surface area contributed by atoms with Crippen LogP contribution in [0.3, 0.4) is 0 Å². The number of fused-ring (bicyclic) bond motifs is 1. The van der Waals surface area contributed by atoms with E-state index in [4.69, 9.17) is 4.74 Å². The molecule has 1 saturated heterocycles. The van der Waals surface area contributed by atoms with Crippen LogP contribution in [0.2, 0.25) is 0 Å². The summed E-state index contributed by atoms with van der Waals surface area (Å²) >= 11 is 1.35. The fourth-order valence-electron chi connectivity index (χ4n) is 2.53. The van der Waals surface area contributed by atoms with Crippen molar-refractivity contribution in [3.05, 3.63) is 27.1 Å². The lowest BCUT2D eigenvalue weighted by atomic mass is 10.2. The molecule has 7 nitrogen and oxygen atoms in total. The summed E-state index contributed by atoms with van der Waals surface area (Å²) in [6.07, 6.45) is 3.23. The van der Waals surface area contributed by atoms with Gasteiger partial charge in [0.25, 0.3) is 5.56 Å². The Balaban J connectivity index is 1.98. The number of thiazole rings is 1. The van der Waals surface area contributed by atoms with Crippen molar-refractivity contribution in [2.24, 2.45) is 0 Å². The minimum atomic E-state index is -3.91. The highest BCUT2D eigenvalue weighted by Crippen LogP contribution is 2.17. The summed E-state index contributed by atoms with van der Waals surface area (Å²) < 4.78 is 34.1. The van der Waals surface area contributed by atoms with Gasteiger partial charge in [0.05, 0.1) is 11.8 Å². The number of aryl methyl sites for hydroxylation is 2. The van der Waals surface area contributed by atoms with Gasteiger partial charge in [0.15, 0.2) is 9.86 Å². The molecule has 22 heavy (non-hydrogen) atoms. The standard InChI is InChI=1S/C13H17N3O4S2/c1-8-7-16-12(17)11(9(2)15-13(16)21-8)22(18,19)14-6-10-4-3-5-20-10/h7,10,14H,3-6H2,1-2H3. The van der Waals surface area contributed by atoms with E-state index in [1.165, 1.54) is 22.7 Å². The van der Waals surface area contributed by atoms with E-state index >= 15 is 0 Å². The lowest BCUT2D eigenvalue weighted by Gasteiger charge is -2.12. The Hall–Kier alpha value is -1.29. The summed E-state index contributed by atoms with van der Waals surface area (Å²) in [5.41, 5.74) is -0.349. The molecule has 0 radical (unpaired) electrons. The number of rotatable bonds is 4. The number of nitrogens with one attached hydrogen (secondary N) is 1. The van der Waals surface area contributed by atoms with Crippen LogP contribution in [0, 0.1) is 13.8 Å². The van der Waals surface area contributed by atoms with Crippen molar-refractivity contribution >= 4 is 26.3 Å². The highest BCUT2D eigenvalue weighted by molar-refractivity contribution is 7.89. The van der Waals surface area contributed by atoms with Crippen LogP contribution in [-0.4, -0.2) is 37.1 Å². The fraction of sp³-hybridized carbons (Fsp3) is 0.538. The Labute approximate surface area is 132 Å². The van der Waals surface area contributed by atoms with E-state index in [0.717, 1.165) is 17.7 Å². The summed E-state index contributed by atoms with van der Waals surface area (Å²) in [7, 11) is -3.91. The normalized spacial score (nSPS) is 19.1. The zero-order valence-corrected chi connectivity index (χ0v) is 14.0. The van der Waals surface area contributed by atoms with E-state index in [1.54, 1.807) is 6.20 Å². The molecule has 120 valence electrons. The van der Waals surface area contributed by atoms with Gasteiger partial charge in [0.2, 0.25) is 10.0 Å². The van der Waals surface area contributed by atoms with E-state index in [-0.39, 0.29) is 23.2 Å². The summed E-state index contributed by atoms with van der Waals surface area (Å²) in [6, 6.07) is 0. The van der Waals surface area contributed by atoms with Crippen LogP contribution in [0.5, 0.6) is 0 Å². The molecule has 3 heterocycles. The third kappa shape index (κ3) is 2.81. The molecule has 0 aliphatic carbocycles. The second-order valence-corrected chi connectivity index (χ2v) is 8.23. The predicted molar refractivity (Wildman–Crippen MR) is 83.0 cm³/mol. The monoisotopic (exact) mass is 343 g/mol. The molecule has 1 fully saturated rings. The van der Waals surface area contributed by atoms with Crippen molar-refractivity contribution in [3.8, 4) is 0 Å². The second kappa shape index (κ2) is 5.73. The maximum absolute atomic E-state index is 12.5. The molecule has 0 aromatic carbocycles. The van der Waals surface area contributed by atoms with Gasteiger partial charge >= 0.3 is 0 Å². The minimum Gasteiger partial charge on any atom is -0.377 e. The Morgan fingerprint density at radius 2 is 2.27 bits per heavy atom. The van der Waals surface area contributed by atoms with Gasteiger partial charge in [-0.05, 0) is 26.7 Å². The third-order valence-electron chi connectivity index (χ3n) is 3.57. The van der Waals surface area contributed by atoms with E-state index in [0.29, 0.717) is 11.6 Å². The van der Waals surface area contributed by atoms with E-state index in [2.05, 4.69) is 9.71 Å². The highest BCUT2D eigenvalue weighted by atomic mass is 32.2. The first-order chi connectivity index (χ1) is 10.4. The Bertz CT molecular complexity index is 863. The van der Waals surface area contributed by atoms with Gasteiger partial charge in [0, 0.05) is 24.2 Å². The van der Waals surface area contributed by atoms with Crippen molar-refractivity contribution in [3.63, 3.8) is 0 Å². The molecular weight excluding hydrogens is 326 g/mol. The molecule has 9 heteroatoms. The number of aromatic nitrogens is 2. The van der Waals surface area contributed by atoms with Crippen molar-refractivity contribution in [1.29, 1.82) is 0 Å². The zero-order chi connectivity index (χ0) is 15.9. The molecule has 1 aliphatic rings. The first-order valence-corrected chi connectivity index (χ1v) is 9.29. The average Bonchev–Trinajstić information content (AvgIpc) is 3.05. The number of nitrogens with zero attached hydrogens (tertiary/aromatic N) is 2. The molecule has 0 spiro atoms. The van der Waals surface area contributed by atoms with Gasteiger partial charge in [-0.15, -0.1) is 11.3 Å². The smallest absolute Gasteiger partial charge is 0.279 e. The van der Waals surface area contributed by atoms with E-state index in [9.17, 15) is 13.2 Å². The maximum Gasteiger partial charge on any atom is 0.279 e. The van der Waals surface area contributed by atoms with E-state index < -0.39 is 15.6 Å². The van der Waals surface area contributed by atoms with Crippen LogP contribution in [0.4, 0.5) is 0 Å². The summed E-state index contributed by atoms with van der Waals surface area (Å²) in [5, 5.41) is 0. The molecule has 1 unspecified atom stereocenters. The lowest BCUT2D eigenvalue weighted by Crippen LogP contribution is -2.36. The molecule has 0 bridgehead atoms. The molecule has 1 atom stereocenters. The van der Waals surface area contributed by atoms with E-state index in [1.807, 2.05) is 6.92 Å². The quantitative estimate of drug-likeness (QED) is 0.888. The molecule has 2 aromatic rings. The van der Waals surface area contributed by atoms with Crippen molar-refractivity contribution in [2.75, 3.05) is 13.2 Å². The van der Waals surface area contributed by atoms with Gasteiger partial charge in [-0.1, -0.05) is 0 Å². The van der Waals surface area contributed by atoms with Crippen LogP contribution in [-0.2, 0) is 14.8 Å². The third-order valence-corrected chi connectivity index (χ3v) is 6.02. The molecule has 1 aliphatic heterocycles.